The fourth-order valence-corrected chi connectivity index (χ4v) is 2.59. The van der Waals surface area contributed by atoms with Crippen molar-refractivity contribution in [2.75, 3.05) is 24.5 Å². The predicted octanol–water partition coefficient (Wildman–Crippen LogP) is 0.969. The van der Waals surface area contributed by atoms with Gasteiger partial charge in [0, 0.05) is 25.0 Å². The van der Waals surface area contributed by atoms with Gasteiger partial charge >= 0.3 is 5.97 Å². The molecule has 1 aromatic carbocycles. The van der Waals surface area contributed by atoms with Gasteiger partial charge in [0.05, 0.1) is 11.1 Å². The van der Waals surface area contributed by atoms with Crippen molar-refractivity contribution < 1.29 is 9.90 Å². The molecule has 1 saturated heterocycles. The quantitative estimate of drug-likeness (QED) is 0.853. The van der Waals surface area contributed by atoms with E-state index in [2.05, 4.69) is 16.4 Å². The van der Waals surface area contributed by atoms with E-state index in [1.165, 1.54) is 0 Å². The minimum atomic E-state index is -0.916. The molecule has 0 radical (unpaired) electrons. The van der Waals surface area contributed by atoms with E-state index in [1.54, 1.807) is 11.0 Å². The number of hydrogen-bond acceptors (Lipinski definition) is 5. The van der Waals surface area contributed by atoms with Gasteiger partial charge in [-0.3, -0.25) is 0 Å². The molecular formula is C15H14N4O2. The minimum Gasteiger partial charge on any atom is -0.480 e. The molecule has 2 heterocycles. The molecule has 1 unspecified atom stereocenters. The standard InChI is InChI=1S/C15H14N4O2/c16-8-11-7-10-3-1-2-4-12(10)18-14(11)19-6-5-17-9-13(19)15(20)21/h1-4,7,13,17H,5-6,9H2,(H,20,21). The molecule has 0 spiro atoms. The van der Waals surface area contributed by atoms with E-state index in [0.717, 1.165) is 10.9 Å². The van der Waals surface area contributed by atoms with Crippen LogP contribution in [0.15, 0.2) is 30.3 Å². The van der Waals surface area contributed by atoms with Gasteiger partial charge in [0.25, 0.3) is 0 Å². The zero-order chi connectivity index (χ0) is 14.8. The summed E-state index contributed by atoms with van der Waals surface area (Å²) in [6.45, 7) is 1.52. The normalized spacial score (nSPS) is 18.4. The fourth-order valence-electron chi connectivity index (χ4n) is 2.59. The lowest BCUT2D eigenvalue weighted by Gasteiger charge is -2.34. The molecule has 3 rings (SSSR count). The van der Waals surface area contributed by atoms with Crippen molar-refractivity contribution in [3.05, 3.63) is 35.9 Å². The van der Waals surface area contributed by atoms with Crippen LogP contribution in [0.4, 0.5) is 5.82 Å². The molecule has 0 amide bonds. The summed E-state index contributed by atoms with van der Waals surface area (Å²) in [7, 11) is 0. The highest BCUT2D eigenvalue weighted by molar-refractivity contribution is 5.85. The van der Waals surface area contributed by atoms with Crippen LogP contribution in [0.5, 0.6) is 0 Å². The maximum Gasteiger partial charge on any atom is 0.327 e. The molecule has 6 nitrogen and oxygen atoms in total. The van der Waals surface area contributed by atoms with Crippen molar-refractivity contribution >= 4 is 22.7 Å². The molecule has 1 atom stereocenters. The van der Waals surface area contributed by atoms with Crippen molar-refractivity contribution in [2.45, 2.75) is 6.04 Å². The van der Waals surface area contributed by atoms with Crippen molar-refractivity contribution in [3.8, 4) is 6.07 Å². The number of pyridine rings is 1. The summed E-state index contributed by atoms with van der Waals surface area (Å²) in [6, 6.07) is 10.7. The molecule has 106 valence electrons. The molecule has 0 saturated carbocycles. The minimum absolute atomic E-state index is 0.342. The van der Waals surface area contributed by atoms with E-state index in [1.807, 2.05) is 24.3 Å². The first-order valence-electron chi connectivity index (χ1n) is 6.71. The van der Waals surface area contributed by atoms with Crippen LogP contribution >= 0.6 is 0 Å². The Kier molecular flexibility index (Phi) is 3.42. The Labute approximate surface area is 121 Å². The molecule has 21 heavy (non-hydrogen) atoms. The van der Waals surface area contributed by atoms with E-state index in [-0.39, 0.29) is 0 Å². The van der Waals surface area contributed by atoms with Gasteiger partial charge in [-0.15, -0.1) is 0 Å². The highest BCUT2D eigenvalue weighted by Crippen LogP contribution is 2.25. The van der Waals surface area contributed by atoms with Gasteiger partial charge in [-0.25, -0.2) is 9.78 Å². The highest BCUT2D eigenvalue weighted by Gasteiger charge is 2.31. The van der Waals surface area contributed by atoms with Crippen molar-refractivity contribution in [1.82, 2.24) is 10.3 Å². The zero-order valence-electron chi connectivity index (χ0n) is 11.3. The molecule has 0 bridgehead atoms. The zero-order valence-corrected chi connectivity index (χ0v) is 11.3. The number of aliphatic carboxylic acids is 1. The van der Waals surface area contributed by atoms with Crippen LogP contribution in [-0.2, 0) is 4.79 Å². The second-order valence-electron chi connectivity index (χ2n) is 4.92. The number of benzene rings is 1. The molecule has 0 aliphatic carbocycles. The van der Waals surface area contributed by atoms with Gasteiger partial charge in [0.1, 0.15) is 17.9 Å². The number of carbonyl (C=O) groups is 1. The Morgan fingerprint density at radius 2 is 2.29 bits per heavy atom. The summed E-state index contributed by atoms with van der Waals surface area (Å²) in [6.07, 6.45) is 0. The van der Waals surface area contributed by atoms with Crippen LogP contribution in [0.25, 0.3) is 10.9 Å². The maximum absolute atomic E-state index is 11.4. The van der Waals surface area contributed by atoms with E-state index < -0.39 is 12.0 Å². The van der Waals surface area contributed by atoms with Gasteiger partial charge in [-0.2, -0.15) is 5.26 Å². The summed E-state index contributed by atoms with van der Waals surface area (Å²) in [5.41, 5.74) is 1.16. The molecule has 1 aliphatic heterocycles. The van der Waals surface area contributed by atoms with Crippen LogP contribution in [0.3, 0.4) is 0 Å². The second-order valence-corrected chi connectivity index (χ2v) is 4.92. The number of carboxylic acids is 1. The second kappa shape index (κ2) is 5.38. The van der Waals surface area contributed by atoms with Crippen molar-refractivity contribution in [2.24, 2.45) is 0 Å². The topological polar surface area (TPSA) is 89.3 Å². The lowest BCUT2D eigenvalue weighted by molar-refractivity contribution is -0.138. The first kappa shape index (κ1) is 13.3. The molecule has 1 fully saturated rings. The maximum atomic E-state index is 11.4. The molecule has 1 aliphatic rings. The smallest absolute Gasteiger partial charge is 0.327 e. The Hall–Kier alpha value is -2.65. The van der Waals surface area contributed by atoms with E-state index >= 15 is 0 Å². The number of nitrogens with zero attached hydrogens (tertiary/aromatic N) is 3. The lowest BCUT2D eigenvalue weighted by atomic mass is 10.1. The molecule has 2 aromatic rings. The van der Waals surface area contributed by atoms with Crippen LogP contribution < -0.4 is 10.2 Å². The average Bonchev–Trinajstić information content (AvgIpc) is 2.53. The number of piperazine rings is 1. The van der Waals surface area contributed by atoms with Crippen LogP contribution in [0, 0.1) is 11.3 Å². The van der Waals surface area contributed by atoms with Gasteiger partial charge < -0.3 is 15.3 Å². The SMILES string of the molecule is N#Cc1cc2ccccc2nc1N1CCNCC1C(=O)O. The number of carboxylic acid groups (broad SMARTS) is 1. The number of nitrogens with one attached hydrogen (secondary N) is 1. The number of aromatic nitrogens is 1. The number of anilines is 1. The molecule has 6 heteroatoms. The number of para-hydroxylation sites is 1. The lowest BCUT2D eigenvalue weighted by Crippen LogP contribution is -2.55. The van der Waals surface area contributed by atoms with Gasteiger partial charge in [-0.1, -0.05) is 18.2 Å². The Bertz CT molecular complexity index is 738. The van der Waals surface area contributed by atoms with Crippen molar-refractivity contribution in [3.63, 3.8) is 0 Å². The third-order valence-corrected chi connectivity index (χ3v) is 3.62. The predicted molar refractivity (Wildman–Crippen MR) is 78.1 cm³/mol. The number of rotatable bonds is 2. The average molecular weight is 282 g/mol. The van der Waals surface area contributed by atoms with Gasteiger partial charge in [0.2, 0.25) is 0 Å². The number of nitriles is 1. The van der Waals surface area contributed by atoms with Gasteiger partial charge in [-0.05, 0) is 12.1 Å². The first-order valence-corrected chi connectivity index (χ1v) is 6.71. The van der Waals surface area contributed by atoms with Crippen LogP contribution in [-0.4, -0.2) is 41.7 Å². The monoisotopic (exact) mass is 282 g/mol. The third kappa shape index (κ3) is 2.39. The summed E-state index contributed by atoms with van der Waals surface area (Å²) < 4.78 is 0. The number of hydrogen-bond donors (Lipinski definition) is 2. The summed E-state index contributed by atoms with van der Waals surface area (Å²) >= 11 is 0. The van der Waals surface area contributed by atoms with Crippen molar-refractivity contribution in [1.29, 1.82) is 5.26 Å². The van der Waals surface area contributed by atoms with Crippen LogP contribution in [0.1, 0.15) is 5.56 Å². The molecule has 2 N–H and O–H groups in total. The molecular weight excluding hydrogens is 268 g/mol. The molecule has 1 aromatic heterocycles. The summed E-state index contributed by atoms with van der Waals surface area (Å²) in [5, 5.41) is 22.6. The van der Waals surface area contributed by atoms with E-state index in [4.69, 9.17) is 0 Å². The van der Waals surface area contributed by atoms with E-state index in [0.29, 0.717) is 31.0 Å². The van der Waals surface area contributed by atoms with Gasteiger partial charge in [0.15, 0.2) is 0 Å². The summed E-state index contributed by atoms with van der Waals surface area (Å²) in [5.74, 6) is -0.467. The Morgan fingerprint density at radius 3 is 3.05 bits per heavy atom. The number of fused-ring (bicyclic) bond motifs is 1. The third-order valence-electron chi connectivity index (χ3n) is 3.62. The first-order chi connectivity index (χ1) is 10.2. The Morgan fingerprint density at radius 1 is 1.48 bits per heavy atom. The Balaban J connectivity index is 2.13. The largest absolute Gasteiger partial charge is 0.480 e. The fraction of sp³-hybridized carbons (Fsp3) is 0.267. The highest BCUT2D eigenvalue weighted by atomic mass is 16.4. The van der Waals surface area contributed by atoms with E-state index in [9.17, 15) is 15.2 Å². The van der Waals surface area contributed by atoms with Crippen LogP contribution in [0.2, 0.25) is 0 Å². The summed E-state index contributed by atoms with van der Waals surface area (Å²) in [4.78, 5) is 17.6.